The molecule has 0 aromatic heterocycles. The smallest absolute Gasteiger partial charge is 0.193 e. The Bertz CT molecular complexity index is 768. The van der Waals surface area contributed by atoms with Gasteiger partial charge >= 0.3 is 0 Å². The van der Waals surface area contributed by atoms with Gasteiger partial charge in [0, 0.05) is 28.9 Å². The summed E-state index contributed by atoms with van der Waals surface area (Å²) in [5.41, 5.74) is 6.81. The first kappa shape index (κ1) is 20.8. The molecule has 0 radical (unpaired) electrons. The van der Waals surface area contributed by atoms with Gasteiger partial charge in [0.2, 0.25) is 0 Å². The van der Waals surface area contributed by atoms with Crippen molar-refractivity contribution in [2.24, 2.45) is 16.6 Å². The normalized spacial score (nSPS) is 12.4. The van der Waals surface area contributed by atoms with E-state index in [1.807, 2.05) is 36.4 Å². The van der Waals surface area contributed by atoms with Crippen LogP contribution in [-0.2, 0) is 0 Å². The Morgan fingerprint density at radius 3 is 2.44 bits per heavy atom. The van der Waals surface area contributed by atoms with E-state index in [4.69, 9.17) is 19.9 Å². The SMILES string of the molecule is COc1ccc(NC(N)=NCC(C)CSc2ccccc2OC)cc1OC. The second kappa shape index (κ2) is 10.6. The highest BCUT2D eigenvalue weighted by molar-refractivity contribution is 7.99. The van der Waals surface area contributed by atoms with E-state index < -0.39 is 0 Å². The molecule has 1 unspecified atom stereocenters. The van der Waals surface area contributed by atoms with Gasteiger partial charge in [-0.25, -0.2) is 0 Å². The summed E-state index contributed by atoms with van der Waals surface area (Å²) in [6.45, 7) is 2.78. The minimum atomic E-state index is 0.366. The Labute approximate surface area is 165 Å². The number of hydrogen-bond donors (Lipinski definition) is 2. The molecular formula is C20H27N3O3S. The number of methoxy groups -OCH3 is 3. The fourth-order valence-electron chi connectivity index (χ4n) is 2.38. The zero-order chi connectivity index (χ0) is 19.6. The number of nitrogens with one attached hydrogen (secondary N) is 1. The number of benzene rings is 2. The first-order chi connectivity index (χ1) is 13.1. The Hall–Kier alpha value is -2.54. The van der Waals surface area contributed by atoms with E-state index in [0.717, 1.165) is 22.1 Å². The van der Waals surface area contributed by atoms with Crippen LogP contribution < -0.4 is 25.3 Å². The van der Waals surface area contributed by atoms with Crippen LogP contribution in [-0.4, -0.2) is 39.6 Å². The lowest BCUT2D eigenvalue weighted by molar-refractivity contribution is 0.355. The molecule has 0 aliphatic rings. The van der Waals surface area contributed by atoms with Crippen LogP contribution in [0.5, 0.6) is 17.2 Å². The third kappa shape index (κ3) is 6.29. The van der Waals surface area contributed by atoms with Crippen LogP contribution in [0.25, 0.3) is 0 Å². The number of rotatable bonds is 9. The van der Waals surface area contributed by atoms with Gasteiger partial charge in [0.05, 0.1) is 21.3 Å². The van der Waals surface area contributed by atoms with Gasteiger partial charge in [-0.05, 0) is 30.2 Å². The van der Waals surface area contributed by atoms with E-state index in [0.29, 0.717) is 29.9 Å². The molecule has 0 amide bonds. The predicted octanol–water partition coefficient (Wildman–Crippen LogP) is 3.87. The highest BCUT2D eigenvalue weighted by atomic mass is 32.2. The molecule has 2 aromatic carbocycles. The minimum Gasteiger partial charge on any atom is -0.496 e. The average Bonchev–Trinajstić information content (AvgIpc) is 2.70. The zero-order valence-electron chi connectivity index (χ0n) is 16.2. The van der Waals surface area contributed by atoms with Crippen molar-refractivity contribution >= 4 is 23.4 Å². The number of para-hydroxylation sites is 1. The molecule has 0 saturated heterocycles. The Morgan fingerprint density at radius 1 is 1.04 bits per heavy atom. The Morgan fingerprint density at radius 2 is 1.74 bits per heavy atom. The van der Waals surface area contributed by atoms with Gasteiger partial charge in [-0.1, -0.05) is 19.1 Å². The number of nitrogens with zero attached hydrogens (tertiary/aromatic N) is 1. The summed E-state index contributed by atoms with van der Waals surface area (Å²) in [6.07, 6.45) is 0. The maximum absolute atomic E-state index is 6.01. The summed E-state index contributed by atoms with van der Waals surface area (Å²) in [4.78, 5) is 5.57. The van der Waals surface area contributed by atoms with E-state index in [2.05, 4.69) is 23.3 Å². The van der Waals surface area contributed by atoms with Crippen LogP contribution in [0.4, 0.5) is 5.69 Å². The lowest BCUT2D eigenvalue weighted by atomic mass is 10.2. The summed E-state index contributed by atoms with van der Waals surface area (Å²) in [5, 5.41) is 3.08. The molecule has 3 N–H and O–H groups in total. The molecule has 7 heteroatoms. The van der Waals surface area contributed by atoms with Crippen LogP contribution in [0.1, 0.15) is 6.92 Å². The molecule has 0 saturated carbocycles. The highest BCUT2D eigenvalue weighted by Gasteiger charge is 2.08. The second-order valence-corrected chi connectivity index (χ2v) is 7.05. The van der Waals surface area contributed by atoms with Crippen molar-refractivity contribution in [1.82, 2.24) is 0 Å². The van der Waals surface area contributed by atoms with Crippen LogP contribution in [0, 0.1) is 5.92 Å². The van der Waals surface area contributed by atoms with Gasteiger partial charge < -0.3 is 25.3 Å². The topological polar surface area (TPSA) is 78.1 Å². The molecule has 2 aromatic rings. The van der Waals surface area contributed by atoms with E-state index in [9.17, 15) is 0 Å². The number of ether oxygens (including phenoxy) is 3. The van der Waals surface area contributed by atoms with Crippen LogP contribution in [0.2, 0.25) is 0 Å². The van der Waals surface area contributed by atoms with Gasteiger partial charge in [0.1, 0.15) is 5.75 Å². The van der Waals surface area contributed by atoms with Crippen LogP contribution in [0.3, 0.4) is 0 Å². The Balaban J connectivity index is 1.87. The maximum atomic E-state index is 6.01. The largest absolute Gasteiger partial charge is 0.496 e. The van der Waals surface area contributed by atoms with Crippen molar-refractivity contribution in [1.29, 1.82) is 0 Å². The number of hydrogen-bond acceptors (Lipinski definition) is 5. The first-order valence-electron chi connectivity index (χ1n) is 8.62. The third-order valence-corrected chi connectivity index (χ3v) is 5.21. The molecule has 0 aliphatic heterocycles. The van der Waals surface area contributed by atoms with Gasteiger partial charge in [0.15, 0.2) is 17.5 Å². The Kier molecular flexibility index (Phi) is 8.13. The molecule has 0 spiro atoms. The summed E-state index contributed by atoms with van der Waals surface area (Å²) in [7, 11) is 4.89. The fourth-order valence-corrected chi connectivity index (χ4v) is 3.42. The molecule has 27 heavy (non-hydrogen) atoms. The second-order valence-electron chi connectivity index (χ2n) is 5.99. The summed E-state index contributed by atoms with van der Waals surface area (Å²) >= 11 is 1.76. The standard InChI is InChI=1S/C20H27N3O3S/c1-14(13-27-19-8-6-5-7-17(19)25-3)12-22-20(21)23-15-9-10-16(24-2)18(11-15)26-4/h5-11,14H,12-13H2,1-4H3,(H3,21,22,23). The molecular weight excluding hydrogens is 362 g/mol. The summed E-state index contributed by atoms with van der Waals surface area (Å²) in [5.74, 6) is 3.86. The van der Waals surface area contributed by atoms with E-state index in [1.165, 1.54) is 0 Å². The van der Waals surface area contributed by atoms with Gasteiger partial charge in [-0.3, -0.25) is 4.99 Å². The molecule has 2 rings (SSSR count). The van der Waals surface area contributed by atoms with E-state index >= 15 is 0 Å². The number of nitrogens with two attached hydrogens (primary N) is 1. The first-order valence-corrected chi connectivity index (χ1v) is 9.60. The van der Waals surface area contributed by atoms with Crippen molar-refractivity contribution in [3.63, 3.8) is 0 Å². The summed E-state index contributed by atoms with van der Waals surface area (Å²) in [6, 6.07) is 13.5. The summed E-state index contributed by atoms with van der Waals surface area (Å²) < 4.78 is 15.9. The number of thioether (sulfide) groups is 1. The van der Waals surface area contributed by atoms with Gasteiger partial charge in [0.25, 0.3) is 0 Å². The van der Waals surface area contributed by atoms with Crippen LogP contribution in [0.15, 0.2) is 52.4 Å². The van der Waals surface area contributed by atoms with Crippen LogP contribution >= 0.6 is 11.8 Å². The van der Waals surface area contributed by atoms with E-state index in [-0.39, 0.29) is 0 Å². The minimum absolute atomic E-state index is 0.366. The monoisotopic (exact) mass is 389 g/mol. The van der Waals surface area contributed by atoms with Gasteiger partial charge in [-0.15, -0.1) is 11.8 Å². The highest BCUT2D eigenvalue weighted by Crippen LogP contribution is 2.30. The molecule has 6 nitrogen and oxygen atoms in total. The molecule has 1 atom stereocenters. The fraction of sp³-hybridized carbons (Fsp3) is 0.350. The van der Waals surface area contributed by atoms with Gasteiger partial charge in [-0.2, -0.15) is 0 Å². The van der Waals surface area contributed by atoms with Crippen molar-refractivity contribution in [2.75, 3.05) is 38.9 Å². The number of aliphatic imine (C=N–C) groups is 1. The predicted molar refractivity (Wildman–Crippen MR) is 113 cm³/mol. The quantitative estimate of drug-likeness (QED) is 0.385. The molecule has 0 aliphatic carbocycles. The molecule has 0 heterocycles. The molecule has 0 fully saturated rings. The van der Waals surface area contributed by atoms with Crippen molar-refractivity contribution in [2.45, 2.75) is 11.8 Å². The number of anilines is 1. The van der Waals surface area contributed by atoms with Crippen molar-refractivity contribution in [3.05, 3.63) is 42.5 Å². The lowest BCUT2D eigenvalue weighted by Crippen LogP contribution is -2.23. The lowest BCUT2D eigenvalue weighted by Gasteiger charge is -2.13. The van der Waals surface area contributed by atoms with Crippen molar-refractivity contribution in [3.8, 4) is 17.2 Å². The third-order valence-electron chi connectivity index (χ3n) is 3.82. The molecule has 146 valence electrons. The maximum Gasteiger partial charge on any atom is 0.193 e. The molecule has 0 bridgehead atoms. The van der Waals surface area contributed by atoms with E-state index in [1.54, 1.807) is 33.1 Å². The average molecular weight is 390 g/mol. The van der Waals surface area contributed by atoms with Crippen molar-refractivity contribution < 1.29 is 14.2 Å². The number of guanidine groups is 1. The zero-order valence-corrected chi connectivity index (χ0v) is 17.0.